The summed E-state index contributed by atoms with van der Waals surface area (Å²) in [6.45, 7) is 0. The molecule has 310 valence electrons. The molecule has 0 aliphatic heterocycles. The highest BCUT2D eigenvalue weighted by Gasteiger charge is 2.22. The maximum Gasteiger partial charge on any atom is 0.143 e. The quantitative estimate of drug-likeness (QED) is 0.144. The minimum atomic E-state index is 0.897. The third kappa shape index (κ3) is 7.02. The van der Waals surface area contributed by atoms with Gasteiger partial charge in [0.25, 0.3) is 0 Å². The topological polar surface area (TPSA) is 16.4 Å². The van der Waals surface area contributed by atoms with E-state index in [9.17, 15) is 0 Å². The van der Waals surface area contributed by atoms with Crippen LogP contribution in [-0.4, -0.2) is 0 Å². The minimum absolute atomic E-state index is 0.897. The van der Waals surface area contributed by atoms with Gasteiger partial charge in [0.05, 0.1) is 5.69 Å². The van der Waals surface area contributed by atoms with Crippen LogP contribution in [0.1, 0.15) is 0 Å². The van der Waals surface area contributed by atoms with Crippen LogP contribution in [0.5, 0.6) is 0 Å². The van der Waals surface area contributed by atoms with Crippen molar-refractivity contribution in [2.24, 2.45) is 0 Å². The van der Waals surface area contributed by atoms with Crippen LogP contribution in [0.4, 0.5) is 17.1 Å². The number of para-hydroxylation sites is 3. The van der Waals surface area contributed by atoms with Crippen molar-refractivity contribution < 1.29 is 4.42 Å². The van der Waals surface area contributed by atoms with Crippen molar-refractivity contribution in [1.82, 2.24) is 0 Å². The predicted molar refractivity (Wildman–Crippen MR) is 279 cm³/mol. The maximum absolute atomic E-state index is 6.51. The van der Waals surface area contributed by atoms with Gasteiger partial charge in [-0.15, -0.1) is 0 Å². The molecule has 0 amide bonds. The Morgan fingerprint density at radius 1 is 0.258 bits per heavy atom. The molecule has 2 heteroatoms. The molecule has 0 aliphatic rings. The number of fused-ring (bicyclic) bond motifs is 4. The molecule has 0 spiro atoms. The molecule has 0 unspecified atom stereocenters. The van der Waals surface area contributed by atoms with Crippen molar-refractivity contribution in [1.29, 1.82) is 0 Å². The first-order chi connectivity index (χ1) is 32.7. The zero-order valence-corrected chi connectivity index (χ0v) is 36.2. The highest BCUT2D eigenvalue weighted by molar-refractivity contribution is 6.09. The van der Waals surface area contributed by atoms with E-state index < -0.39 is 0 Å². The molecule has 12 aromatic rings. The lowest BCUT2D eigenvalue weighted by Gasteiger charge is -2.29. The lowest BCUT2D eigenvalue weighted by atomic mass is 9.87. The fraction of sp³-hybridized carbons (Fsp3) is 0. The highest BCUT2D eigenvalue weighted by atomic mass is 16.3. The summed E-state index contributed by atoms with van der Waals surface area (Å²) in [7, 11) is 0. The smallest absolute Gasteiger partial charge is 0.143 e. The average molecular weight is 842 g/mol. The number of anilines is 3. The van der Waals surface area contributed by atoms with E-state index in [-0.39, 0.29) is 0 Å². The number of benzene rings is 11. The van der Waals surface area contributed by atoms with Crippen LogP contribution in [0, 0.1) is 0 Å². The van der Waals surface area contributed by atoms with Crippen molar-refractivity contribution in [3.63, 3.8) is 0 Å². The van der Waals surface area contributed by atoms with Crippen molar-refractivity contribution in [2.45, 2.75) is 0 Å². The third-order valence-corrected chi connectivity index (χ3v) is 12.9. The van der Waals surface area contributed by atoms with Gasteiger partial charge in [0.2, 0.25) is 0 Å². The molecule has 0 atom stereocenters. The van der Waals surface area contributed by atoms with Crippen LogP contribution in [0.25, 0.3) is 99.5 Å². The van der Waals surface area contributed by atoms with E-state index in [1.54, 1.807) is 0 Å². The van der Waals surface area contributed by atoms with Gasteiger partial charge < -0.3 is 9.32 Å². The molecule has 0 fully saturated rings. The van der Waals surface area contributed by atoms with Gasteiger partial charge in [0.15, 0.2) is 0 Å². The largest absolute Gasteiger partial charge is 0.455 e. The Bertz CT molecular complexity index is 3690. The number of nitrogens with zero attached hydrogens (tertiary/aromatic N) is 1. The van der Waals surface area contributed by atoms with Crippen LogP contribution in [0.2, 0.25) is 0 Å². The van der Waals surface area contributed by atoms with E-state index in [0.29, 0.717) is 0 Å². The molecule has 11 aromatic carbocycles. The van der Waals surface area contributed by atoms with Crippen molar-refractivity contribution >= 4 is 49.8 Å². The maximum atomic E-state index is 6.51. The van der Waals surface area contributed by atoms with Crippen LogP contribution in [0.15, 0.2) is 265 Å². The van der Waals surface area contributed by atoms with E-state index in [4.69, 9.17) is 4.42 Å². The van der Waals surface area contributed by atoms with Crippen molar-refractivity contribution in [3.05, 3.63) is 261 Å². The van der Waals surface area contributed by atoms with E-state index in [1.165, 1.54) is 49.7 Å². The first-order valence-electron chi connectivity index (χ1n) is 22.6. The predicted octanol–water partition coefficient (Wildman–Crippen LogP) is 18.2. The number of rotatable bonds is 9. The zero-order chi connectivity index (χ0) is 43.8. The van der Waals surface area contributed by atoms with Crippen LogP contribution in [0.3, 0.4) is 0 Å². The van der Waals surface area contributed by atoms with E-state index in [0.717, 1.165) is 66.8 Å². The summed E-state index contributed by atoms with van der Waals surface area (Å²) in [6, 6.07) is 94.0. The summed E-state index contributed by atoms with van der Waals surface area (Å²) in [4.78, 5) is 2.42. The molecule has 1 heterocycles. The summed E-state index contributed by atoms with van der Waals surface area (Å²) in [5.41, 5.74) is 18.9. The van der Waals surface area contributed by atoms with Gasteiger partial charge in [-0.2, -0.15) is 0 Å². The van der Waals surface area contributed by atoms with Gasteiger partial charge in [0.1, 0.15) is 11.2 Å². The first kappa shape index (κ1) is 38.9. The second-order valence-corrected chi connectivity index (χ2v) is 16.8. The summed E-state index contributed by atoms with van der Waals surface area (Å²) in [6.07, 6.45) is 0. The Balaban J connectivity index is 1.04. The molecular formula is C64H43NO. The Morgan fingerprint density at radius 3 is 1.61 bits per heavy atom. The average Bonchev–Trinajstić information content (AvgIpc) is 3.79. The molecule has 2 nitrogen and oxygen atoms in total. The molecule has 0 aliphatic carbocycles. The Labute approximate surface area is 384 Å². The standard InChI is InChI=1S/C64H43NO/c1-3-18-44(19-4-1)48-38-41-57(61(43-48)46-20-5-2-6-21-46)55-27-9-10-28-56(55)58-29-11-13-34-62(58)65(51-25-15-24-49(42-51)53-31-16-23-45-22-7-8-26-52(45)53)50-39-36-47(37-40-50)54-32-17-33-60-59-30-12-14-35-63(59)66-64(54)60/h1-43H. The van der Waals surface area contributed by atoms with Crippen LogP contribution in [-0.2, 0) is 0 Å². The Morgan fingerprint density at radius 2 is 0.788 bits per heavy atom. The highest BCUT2D eigenvalue weighted by Crippen LogP contribution is 2.47. The Hall–Kier alpha value is -8.72. The van der Waals surface area contributed by atoms with Crippen molar-refractivity contribution in [2.75, 3.05) is 4.90 Å². The molecule has 0 saturated carbocycles. The monoisotopic (exact) mass is 841 g/mol. The van der Waals surface area contributed by atoms with E-state index in [1.807, 2.05) is 12.1 Å². The fourth-order valence-electron chi connectivity index (χ4n) is 9.78. The van der Waals surface area contributed by atoms with Crippen molar-refractivity contribution in [3.8, 4) is 66.8 Å². The second-order valence-electron chi connectivity index (χ2n) is 16.8. The van der Waals surface area contributed by atoms with Gasteiger partial charge in [-0.25, -0.2) is 0 Å². The number of hydrogen-bond donors (Lipinski definition) is 0. The molecule has 1 aromatic heterocycles. The van der Waals surface area contributed by atoms with Gasteiger partial charge in [-0.05, 0) is 109 Å². The van der Waals surface area contributed by atoms with Crippen LogP contribution >= 0.6 is 0 Å². The zero-order valence-electron chi connectivity index (χ0n) is 36.2. The molecule has 0 saturated heterocycles. The van der Waals surface area contributed by atoms with Gasteiger partial charge in [-0.3, -0.25) is 0 Å². The second kappa shape index (κ2) is 16.8. The lowest BCUT2D eigenvalue weighted by molar-refractivity contribution is 0.670. The molecule has 0 radical (unpaired) electrons. The molecule has 12 rings (SSSR count). The normalized spacial score (nSPS) is 11.3. The molecule has 66 heavy (non-hydrogen) atoms. The van der Waals surface area contributed by atoms with Gasteiger partial charge >= 0.3 is 0 Å². The van der Waals surface area contributed by atoms with E-state index >= 15 is 0 Å². The van der Waals surface area contributed by atoms with E-state index in [2.05, 4.69) is 254 Å². The lowest BCUT2D eigenvalue weighted by Crippen LogP contribution is -2.11. The summed E-state index contributed by atoms with van der Waals surface area (Å²) in [5.74, 6) is 0. The first-order valence-corrected chi connectivity index (χ1v) is 22.6. The Kier molecular flexibility index (Phi) is 9.89. The van der Waals surface area contributed by atoms with Gasteiger partial charge in [0, 0.05) is 33.3 Å². The number of furan rings is 1. The fourth-order valence-corrected chi connectivity index (χ4v) is 9.78. The summed E-state index contributed by atoms with van der Waals surface area (Å²) >= 11 is 0. The number of hydrogen-bond acceptors (Lipinski definition) is 2. The summed E-state index contributed by atoms with van der Waals surface area (Å²) in [5, 5.41) is 4.70. The molecule has 0 N–H and O–H groups in total. The molecule has 0 bridgehead atoms. The SMILES string of the molecule is c1ccc(-c2ccc(-c3ccccc3-c3ccccc3N(c3ccc(-c4cccc5c4oc4ccccc45)cc3)c3cccc(-c4cccc5ccccc45)c3)c(-c3ccccc3)c2)cc1. The minimum Gasteiger partial charge on any atom is -0.455 e. The van der Waals surface area contributed by atoms with Gasteiger partial charge in [-0.1, -0.05) is 218 Å². The summed E-state index contributed by atoms with van der Waals surface area (Å²) < 4.78 is 6.51. The third-order valence-electron chi connectivity index (χ3n) is 12.9. The van der Waals surface area contributed by atoms with Crippen LogP contribution < -0.4 is 4.90 Å². The molecular weight excluding hydrogens is 799 g/mol.